The van der Waals surface area contributed by atoms with Gasteiger partial charge in [-0.15, -0.1) is 4.36 Å². The number of carbonyl (C=O) groups excluding carboxylic acids is 1. The molecule has 2 aromatic carbocycles. The molecule has 6 nitrogen and oxygen atoms in total. The fourth-order valence-corrected chi connectivity index (χ4v) is 5.94. The SMILES string of the molecule is NS(=O)(=NC(=O)Nc1c2c(cc3c1CCC3)CCC2)c1ccc(CN2CCC2)cc1F. The normalized spacial score (nSPS) is 19.3. The zero-order valence-corrected chi connectivity index (χ0v) is 18.3. The Kier molecular flexibility index (Phi) is 5.32. The number of amides is 2. The van der Waals surface area contributed by atoms with Gasteiger partial charge in [-0.1, -0.05) is 12.1 Å². The van der Waals surface area contributed by atoms with E-state index in [2.05, 4.69) is 20.6 Å². The Morgan fingerprint density at radius 3 is 2.32 bits per heavy atom. The largest absolute Gasteiger partial charge is 0.354 e. The molecule has 8 heteroatoms. The smallest absolute Gasteiger partial charge is 0.305 e. The molecule has 2 aromatic rings. The summed E-state index contributed by atoms with van der Waals surface area (Å²) in [7, 11) is -3.70. The molecular formula is C23H27FN4O2S. The molecule has 0 saturated carbocycles. The van der Waals surface area contributed by atoms with Crippen molar-refractivity contribution in [2.24, 2.45) is 9.50 Å². The van der Waals surface area contributed by atoms with Gasteiger partial charge in [-0.25, -0.2) is 18.5 Å². The lowest BCUT2D eigenvalue weighted by molar-refractivity contribution is 0.172. The summed E-state index contributed by atoms with van der Waals surface area (Å²) in [6.07, 6.45) is 7.09. The van der Waals surface area contributed by atoms with E-state index < -0.39 is 21.8 Å². The van der Waals surface area contributed by atoms with Gasteiger partial charge in [0, 0.05) is 12.2 Å². The van der Waals surface area contributed by atoms with Gasteiger partial charge in [0.1, 0.15) is 15.7 Å². The van der Waals surface area contributed by atoms with Crippen LogP contribution in [0.15, 0.2) is 33.5 Å². The van der Waals surface area contributed by atoms with Crippen molar-refractivity contribution in [1.29, 1.82) is 0 Å². The molecule has 2 amide bonds. The molecule has 3 N–H and O–H groups in total. The van der Waals surface area contributed by atoms with Crippen molar-refractivity contribution >= 4 is 21.6 Å². The van der Waals surface area contributed by atoms with E-state index in [1.54, 1.807) is 6.07 Å². The van der Waals surface area contributed by atoms with Crippen molar-refractivity contribution in [1.82, 2.24) is 4.90 Å². The number of fused-ring (bicyclic) bond motifs is 2. The summed E-state index contributed by atoms with van der Waals surface area (Å²) in [5.41, 5.74) is 6.43. The zero-order valence-electron chi connectivity index (χ0n) is 17.5. The van der Waals surface area contributed by atoms with Gasteiger partial charge < -0.3 is 5.32 Å². The van der Waals surface area contributed by atoms with E-state index in [-0.39, 0.29) is 4.90 Å². The lowest BCUT2D eigenvalue weighted by atomic mass is 9.99. The van der Waals surface area contributed by atoms with Gasteiger partial charge in [-0.2, -0.15) is 0 Å². The van der Waals surface area contributed by atoms with E-state index in [1.807, 2.05) is 0 Å². The topological polar surface area (TPSA) is 87.8 Å². The van der Waals surface area contributed by atoms with Crippen LogP contribution in [0.1, 0.15) is 47.1 Å². The second-order valence-electron chi connectivity index (χ2n) is 8.72. The number of halogens is 1. The molecule has 1 atom stereocenters. The molecule has 2 aliphatic carbocycles. The summed E-state index contributed by atoms with van der Waals surface area (Å²) < 4.78 is 31.4. The molecule has 1 heterocycles. The number of nitrogens with one attached hydrogen (secondary N) is 1. The van der Waals surface area contributed by atoms with Crippen molar-refractivity contribution in [3.8, 4) is 0 Å². The maximum atomic E-state index is 14.7. The van der Waals surface area contributed by atoms with Gasteiger partial charge in [-0.05, 0) is 98.0 Å². The van der Waals surface area contributed by atoms with Crippen LogP contribution < -0.4 is 10.5 Å². The zero-order chi connectivity index (χ0) is 21.6. The maximum absolute atomic E-state index is 14.7. The van der Waals surface area contributed by atoms with E-state index >= 15 is 0 Å². The van der Waals surface area contributed by atoms with Crippen LogP contribution in [0.25, 0.3) is 0 Å². The van der Waals surface area contributed by atoms with Crippen LogP contribution in [0.3, 0.4) is 0 Å². The number of urea groups is 1. The van der Waals surface area contributed by atoms with E-state index in [4.69, 9.17) is 5.14 Å². The first-order valence-electron chi connectivity index (χ1n) is 10.9. The van der Waals surface area contributed by atoms with Gasteiger partial charge in [0.2, 0.25) is 0 Å². The highest BCUT2D eigenvalue weighted by Crippen LogP contribution is 2.38. The van der Waals surface area contributed by atoms with Crippen LogP contribution in [0.5, 0.6) is 0 Å². The lowest BCUT2D eigenvalue weighted by Gasteiger charge is -2.30. The summed E-state index contributed by atoms with van der Waals surface area (Å²) in [5, 5.41) is 8.70. The fraction of sp³-hybridized carbons (Fsp3) is 0.435. The number of rotatable bonds is 4. The van der Waals surface area contributed by atoms with Crippen LogP contribution in [0, 0.1) is 5.82 Å². The van der Waals surface area contributed by atoms with Crippen molar-refractivity contribution in [2.45, 2.75) is 56.4 Å². The predicted molar refractivity (Wildman–Crippen MR) is 119 cm³/mol. The van der Waals surface area contributed by atoms with Gasteiger partial charge in [0.15, 0.2) is 0 Å². The maximum Gasteiger partial charge on any atom is 0.354 e. The summed E-state index contributed by atoms with van der Waals surface area (Å²) in [5.74, 6) is -0.691. The summed E-state index contributed by atoms with van der Waals surface area (Å²) >= 11 is 0. The average Bonchev–Trinajstić information content (AvgIpc) is 3.33. The Labute approximate surface area is 182 Å². The Hall–Kier alpha value is -2.29. The highest BCUT2D eigenvalue weighted by molar-refractivity contribution is 7.91. The monoisotopic (exact) mass is 442 g/mol. The Bertz CT molecular complexity index is 1150. The molecule has 1 aliphatic heterocycles. The molecule has 1 fully saturated rings. The Morgan fingerprint density at radius 2 is 1.74 bits per heavy atom. The molecule has 3 aliphatic rings. The minimum Gasteiger partial charge on any atom is -0.305 e. The number of nitrogens with zero attached hydrogens (tertiary/aromatic N) is 2. The van der Waals surface area contributed by atoms with Crippen molar-refractivity contribution in [3.05, 3.63) is 57.9 Å². The first-order valence-corrected chi connectivity index (χ1v) is 12.5. The quantitative estimate of drug-likeness (QED) is 0.752. The van der Waals surface area contributed by atoms with Crippen LogP contribution in [-0.4, -0.2) is 28.2 Å². The molecular weight excluding hydrogens is 415 g/mol. The highest BCUT2D eigenvalue weighted by atomic mass is 32.2. The third-order valence-corrected chi connectivity index (χ3v) is 7.99. The number of hydrogen-bond acceptors (Lipinski definition) is 3. The number of benzene rings is 2. The molecule has 1 saturated heterocycles. The first kappa shape index (κ1) is 20.6. The molecule has 0 aromatic heterocycles. The molecule has 164 valence electrons. The molecule has 0 radical (unpaired) electrons. The molecule has 1 unspecified atom stereocenters. The highest BCUT2D eigenvalue weighted by Gasteiger charge is 2.25. The summed E-state index contributed by atoms with van der Waals surface area (Å²) in [4.78, 5) is 14.7. The number of carbonyl (C=O) groups is 1. The number of anilines is 1. The number of likely N-dealkylation sites (tertiary alicyclic amines) is 1. The fourth-order valence-electron chi connectivity index (χ4n) is 4.95. The van der Waals surface area contributed by atoms with E-state index in [9.17, 15) is 13.4 Å². The van der Waals surface area contributed by atoms with Crippen molar-refractivity contribution in [3.63, 3.8) is 0 Å². The van der Waals surface area contributed by atoms with Gasteiger partial charge in [-0.3, -0.25) is 4.90 Å². The second kappa shape index (κ2) is 8.00. The Morgan fingerprint density at radius 1 is 1.06 bits per heavy atom. The third-order valence-electron chi connectivity index (χ3n) is 6.59. The lowest BCUT2D eigenvalue weighted by Crippen LogP contribution is -2.36. The second-order valence-corrected chi connectivity index (χ2v) is 10.5. The molecule has 31 heavy (non-hydrogen) atoms. The number of hydrogen-bond donors (Lipinski definition) is 2. The van der Waals surface area contributed by atoms with Crippen molar-refractivity contribution in [2.75, 3.05) is 18.4 Å². The predicted octanol–water partition coefficient (Wildman–Crippen LogP) is 3.94. The summed E-state index contributed by atoms with van der Waals surface area (Å²) in [6.45, 7) is 2.64. The molecule has 5 rings (SSSR count). The first-order chi connectivity index (χ1) is 14.9. The van der Waals surface area contributed by atoms with E-state index in [1.165, 1.54) is 23.3 Å². The van der Waals surface area contributed by atoms with E-state index in [0.717, 1.165) is 80.4 Å². The van der Waals surface area contributed by atoms with Crippen LogP contribution >= 0.6 is 0 Å². The van der Waals surface area contributed by atoms with Crippen LogP contribution in [0.2, 0.25) is 0 Å². The minimum absolute atomic E-state index is 0.237. The molecule has 0 spiro atoms. The van der Waals surface area contributed by atoms with Crippen molar-refractivity contribution < 1.29 is 13.4 Å². The van der Waals surface area contributed by atoms with E-state index in [0.29, 0.717) is 6.54 Å². The average molecular weight is 443 g/mol. The van der Waals surface area contributed by atoms with Crippen LogP contribution in [-0.2, 0) is 42.1 Å². The number of aryl methyl sites for hydroxylation is 2. The number of nitrogens with two attached hydrogens (primary N) is 1. The third kappa shape index (κ3) is 4.00. The Balaban J connectivity index is 1.41. The molecule has 0 bridgehead atoms. The van der Waals surface area contributed by atoms with Crippen LogP contribution in [0.4, 0.5) is 14.9 Å². The van der Waals surface area contributed by atoms with Gasteiger partial charge in [0.25, 0.3) is 0 Å². The minimum atomic E-state index is -3.70. The standard InChI is InChI=1S/C23H27FN4O2S/c24-20-12-15(14-28-10-3-11-28)8-9-21(20)31(25,30)27-23(29)26-22-18-6-1-4-16(18)13-17-5-2-7-19(17)22/h8-9,12-13H,1-7,10-11,14H2,(H3,25,26,27,29,30). The van der Waals surface area contributed by atoms with Gasteiger partial charge in [0.05, 0.1) is 4.90 Å². The van der Waals surface area contributed by atoms with Gasteiger partial charge >= 0.3 is 6.03 Å². The summed E-state index contributed by atoms with van der Waals surface area (Å²) in [6, 6.07) is 5.91.